The number of hydrogen-bond acceptors (Lipinski definition) is 6. The third-order valence-corrected chi connectivity index (χ3v) is 7.77. The van der Waals surface area contributed by atoms with Crippen LogP contribution in [0, 0.1) is 11.8 Å². The molecule has 0 radical (unpaired) electrons. The number of hydrogen-bond donors (Lipinski definition) is 1. The number of thiazole rings is 1. The number of nitrogens with zero attached hydrogens (tertiary/aromatic N) is 2. The number of nitrogens with one attached hydrogen (secondary N) is 1. The summed E-state index contributed by atoms with van der Waals surface area (Å²) in [5, 5.41) is 5.22. The molecule has 7 nitrogen and oxygen atoms in total. The van der Waals surface area contributed by atoms with Gasteiger partial charge in [-0.3, -0.25) is 4.79 Å². The Labute approximate surface area is 169 Å². The summed E-state index contributed by atoms with van der Waals surface area (Å²) in [4.78, 5) is 16.6. The Morgan fingerprint density at radius 1 is 1.32 bits per heavy atom. The largest absolute Gasteiger partial charge is 0.497 e. The Morgan fingerprint density at radius 3 is 2.68 bits per heavy atom. The molecule has 9 heteroatoms. The Bertz CT molecular complexity index is 882. The molecule has 0 spiro atoms. The smallest absolute Gasteiger partial charge is 0.243 e. The van der Waals surface area contributed by atoms with Crippen LogP contribution in [0.4, 0.5) is 5.13 Å². The number of carbonyl (C=O) groups excluding carboxylic acids is 1. The van der Waals surface area contributed by atoms with E-state index in [2.05, 4.69) is 10.3 Å². The van der Waals surface area contributed by atoms with Crippen LogP contribution in [0.25, 0.3) is 0 Å². The first-order valence-electron chi connectivity index (χ1n) is 9.27. The van der Waals surface area contributed by atoms with Gasteiger partial charge in [-0.05, 0) is 42.5 Å². The molecule has 0 saturated carbocycles. The maximum Gasteiger partial charge on any atom is 0.243 e. The highest BCUT2D eigenvalue weighted by atomic mass is 32.2. The van der Waals surface area contributed by atoms with Gasteiger partial charge in [0.1, 0.15) is 5.75 Å². The third-order valence-electron chi connectivity index (χ3n) is 5.20. The molecule has 152 valence electrons. The minimum atomic E-state index is -3.55. The van der Waals surface area contributed by atoms with Crippen molar-refractivity contribution in [3.8, 4) is 5.75 Å². The van der Waals surface area contributed by atoms with Gasteiger partial charge in [0.2, 0.25) is 15.9 Å². The van der Waals surface area contributed by atoms with Crippen LogP contribution in [0.5, 0.6) is 5.75 Å². The van der Waals surface area contributed by atoms with Crippen molar-refractivity contribution in [1.82, 2.24) is 9.29 Å². The molecule has 1 N–H and O–H groups in total. The van der Waals surface area contributed by atoms with E-state index in [9.17, 15) is 13.2 Å². The normalized spacial score (nSPS) is 20.6. The van der Waals surface area contributed by atoms with E-state index in [1.165, 1.54) is 15.6 Å². The predicted octanol–water partition coefficient (Wildman–Crippen LogP) is 3.22. The van der Waals surface area contributed by atoms with E-state index < -0.39 is 10.0 Å². The van der Waals surface area contributed by atoms with E-state index >= 15 is 0 Å². The molecule has 1 aromatic carbocycles. The lowest BCUT2D eigenvalue weighted by Gasteiger charge is -2.37. The van der Waals surface area contributed by atoms with Gasteiger partial charge in [0.15, 0.2) is 5.13 Å². The lowest BCUT2D eigenvalue weighted by Crippen LogP contribution is -2.44. The molecule has 1 amide bonds. The number of methoxy groups -OCH3 is 1. The molecule has 0 bridgehead atoms. The summed E-state index contributed by atoms with van der Waals surface area (Å²) in [6.45, 7) is 2.89. The molecule has 1 aromatic heterocycles. The second-order valence-electron chi connectivity index (χ2n) is 6.85. The summed E-state index contributed by atoms with van der Waals surface area (Å²) in [5.74, 6) is 0.858. The summed E-state index contributed by atoms with van der Waals surface area (Å²) >= 11 is 1.38. The van der Waals surface area contributed by atoms with Crippen molar-refractivity contribution in [2.45, 2.75) is 31.1 Å². The Balaban J connectivity index is 1.65. The fraction of sp³-hybridized carbons (Fsp3) is 0.474. The van der Waals surface area contributed by atoms with Crippen LogP contribution in [0.1, 0.15) is 26.2 Å². The molecule has 1 aliphatic heterocycles. The van der Waals surface area contributed by atoms with E-state index in [1.54, 1.807) is 37.6 Å². The first-order valence-corrected chi connectivity index (χ1v) is 11.6. The number of aromatic nitrogens is 1. The monoisotopic (exact) mass is 423 g/mol. The zero-order valence-electron chi connectivity index (χ0n) is 16.0. The van der Waals surface area contributed by atoms with Gasteiger partial charge < -0.3 is 10.1 Å². The average molecular weight is 424 g/mol. The standard InChI is InChI=1S/C19H25N3O4S2/c1-3-14-13-22(28(24,25)17-6-4-16(26-2)5-7-17)10-8-15(14)12-18(23)21-19-20-9-11-27-19/h4-7,9,11,14-15H,3,8,10,12-13H2,1-2H3,(H,20,21,23). The number of rotatable bonds is 7. The van der Waals surface area contributed by atoms with Crippen LogP contribution >= 0.6 is 11.3 Å². The SMILES string of the molecule is CCC1CN(S(=O)(=O)c2ccc(OC)cc2)CCC1CC(=O)Nc1nccs1. The molecule has 28 heavy (non-hydrogen) atoms. The lowest BCUT2D eigenvalue weighted by molar-refractivity contribution is -0.117. The van der Waals surface area contributed by atoms with Crippen molar-refractivity contribution < 1.29 is 17.9 Å². The number of piperidine rings is 1. The topological polar surface area (TPSA) is 88.6 Å². The van der Waals surface area contributed by atoms with Crippen molar-refractivity contribution in [2.24, 2.45) is 11.8 Å². The molecule has 1 fully saturated rings. The van der Waals surface area contributed by atoms with Crippen molar-refractivity contribution in [3.05, 3.63) is 35.8 Å². The van der Waals surface area contributed by atoms with Crippen molar-refractivity contribution in [1.29, 1.82) is 0 Å². The van der Waals surface area contributed by atoms with Gasteiger partial charge in [0, 0.05) is 31.1 Å². The van der Waals surface area contributed by atoms with Crippen LogP contribution in [0.3, 0.4) is 0 Å². The molecule has 1 aliphatic rings. The zero-order valence-corrected chi connectivity index (χ0v) is 17.6. The average Bonchev–Trinajstić information content (AvgIpc) is 3.21. The maximum atomic E-state index is 13.0. The van der Waals surface area contributed by atoms with E-state index in [-0.39, 0.29) is 22.6 Å². The fourth-order valence-corrected chi connectivity index (χ4v) is 5.64. The second-order valence-corrected chi connectivity index (χ2v) is 9.68. The molecule has 2 aromatic rings. The number of amides is 1. The van der Waals surface area contributed by atoms with E-state index in [0.29, 0.717) is 36.8 Å². The molecule has 1 saturated heterocycles. The summed E-state index contributed by atoms with van der Waals surface area (Å²) in [7, 11) is -2.01. The zero-order chi connectivity index (χ0) is 20.1. The van der Waals surface area contributed by atoms with Crippen molar-refractivity contribution >= 4 is 32.4 Å². The molecule has 0 aliphatic carbocycles. The van der Waals surface area contributed by atoms with Gasteiger partial charge in [-0.2, -0.15) is 4.31 Å². The summed E-state index contributed by atoms with van der Waals surface area (Å²) < 4.78 is 32.6. The highest BCUT2D eigenvalue weighted by Crippen LogP contribution is 2.32. The van der Waals surface area contributed by atoms with Gasteiger partial charge in [0.25, 0.3) is 0 Å². The minimum Gasteiger partial charge on any atom is -0.497 e. The molecular formula is C19H25N3O4S2. The highest BCUT2D eigenvalue weighted by Gasteiger charge is 2.35. The van der Waals surface area contributed by atoms with E-state index in [1.807, 2.05) is 12.3 Å². The lowest BCUT2D eigenvalue weighted by atomic mass is 9.82. The first kappa shape index (κ1) is 20.8. The Kier molecular flexibility index (Phi) is 6.69. The molecule has 3 rings (SSSR count). The summed E-state index contributed by atoms with van der Waals surface area (Å²) in [6.07, 6.45) is 3.52. The van der Waals surface area contributed by atoms with Gasteiger partial charge in [-0.1, -0.05) is 13.3 Å². The second kappa shape index (κ2) is 9.02. The van der Waals surface area contributed by atoms with Crippen LogP contribution in [0.15, 0.2) is 40.7 Å². The van der Waals surface area contributed by atoms with Crippen LogP contribution in [-0.4, -0.2) is 43.8 Å². The highest BCUT2D eigenvalue weighted by molar-refractivity contribution is 7.89. The van der Waals surface area contributed by atoms with Gasteiger partial charge in [-0.25, -0.2) is 13.4 Å². The third kappa shape index (κ3) is 4.71. The van der Waals surface area contributed by atoms with Crippen molar-refractivity contribution in [3.63, 3.8) is 0 Å². The quantitative estimate of drug-likeness (QED) is 0.739. The first-order chi connectivity index (χ1) is 13.4. The summed E-state index contributed by atoms with van der Waals surface area (Å²) in [5.41, 5.74) is 0. The van der Waals surface area contributed by atoms with Gasteiger partial charge >= 0.3 is 0 Å². The molecule has 2 heterocycles. The number of carbonyl (C=O) groups is 1. The maximum absolute atomic E-state index is 13.0. The van der Waals surface area contributed by atoms with Crippen LogP contribution in [0.2, 0.25) is 0 Å². The number of anilines is 1. The van der Waals surface area contributed by atoms with E-state index in [4.69, 9.17) is 4.74 Å². The Hall–Kier alpha value is -1.97. The van der Waals surface area contributed by atoms with Gasteiger partial charge in [-0.15, -0.1) is 11.3 Å². The van der Waals surface area contributed by atoms with Crippen LogP contribution < -0.4 is 10.1 Å². The minimum absolute atomic E-state index is 0.0649. The predicted molar refractivity (Wildman–Crippen MR) is 109 cm³/mol. The number of ether oxygens (including phenoxy) is 1. The number of benzene rings is 1. The fourth-order valence-electron chi connectivity index (χ4n) is 3.59. The number of sulfonamides is 1. The summed E-state index contributed by atoms with van der Waals surface area (Å²) in [6, 6.07) is 6.45. The van der Waals surface area contributed by atoms with Crippen LogP contribution in [-0.2, 0) is 14.8 Å². The molecule has 2 unspecified atom stereocenters. The van der Waals surface area contributed by atoms with E-state index in [0.717, 1.165) is 6.42 Å². The Morgan fingerprint density at radius 2 is 2.07 bits per heavy atom. The molecule has 2 atom stereocenters. The molecular weight excluding hydrogens is 398 g/mol. The van der Waals surface area contributed by atoms with Crippen molar-refractivity contribution in [2.75, 3.05) is 25.5 Å². The van der Waals surface area contributed by atoms with Gasteiger partial charge in [0.05, 0.1) is 12.0 Å².